The number of hydrogen-bond donors (Lipinski definition) is 1. The first-order chi connectivity index (χ1) is 17.9. The number of rotatable bonds is 13. The topological polar surface area (TPSA) is 79.3 Å². The molecule has 200 valence electrons. The van der Waals surface area contributed by atoms with Crippen LogP contribution in [-0.4, -0.2) is 66.0 Å². The van der Waals surface area contributed by atoms with Crippen LogP contribution < -0.4 is 9.47 Å². The Hall–Kier alpha value is -3.03. The van der Waals surface area contributed by atoms with E-state index in [1.807, 2.05) is 19.1 Å². The van der Waals surface area contributed by atoms with Crippen LogP contribution in [0.25, 0.3) is 5.76 Å². The van der Waals surface area contributed by atoms with Crippen LogP contribution in [0.1, 0.15) is 57.7 Å². The summed E-state index contributed by atoms with van der Waals surface area (Å²) in [7, 11) is 0. The highest BCUT2D eigenvalue weighted by molar-refractivity contribution is 6.46. The summed E-state index contributed by atoms with van der Waals surface area (Å²) in [5, 5.41) is 11.8. The molecule has 0 saturated carbocycles. The Balaban J connectivity index is 2.11. The summed E-state index contributed by atoms with van der Waals surface area (Å²) in [6, 6.07) is 11.2. The van der Waals surface area contributed by atoms with Gasteiger partial charge in [0.1, 0.15) is 5.76 Å². The highest BCUT2D eigenvalue weighted by Crippen LogP contribution is 2.42. The number of hydrogen-bond acceptors (Lipinski definition) is 6. The van der Waals surface area contributed by atoms with E-state index in [9.17, 15) is 14.7 Å². The lowest BCUT2D eigenvalue weighted by Crippen LogP contribution is -2.38. The highest BCUT2D eigenvalue weighted by Gasteiger charge is 2.46. The molecule has 1 aliphatic heterocycles. The molecular formula is C29H37ClN2O5. The van der Waals surface area contributed by atoms with Crippen LogP contribution in [0.3, 0.4) is 0 Å². The number of benzene rings is 2. The van der Waals surface area contributed by atoms with E-state index in [1.165, 1.54) is 0 Å². The van der Waals surface area contributed by atoms with Crippen molar-refractivity contribution < 1.29 is 24.2 Å². The number of aliphatic hydroxyl groups is 1. The predicted octanol–water partition coefficient (Wildman–Crippen LogP) is 5.68. The second kappa shape index (κ2) is 13.5. The summed E-state index contributed by atoms with van der Waals surface area (Å²) in [6.45, 7) is 11.7. The Labute approximate surface area is 224 Å². The van der Waals surface area contributed by atoms with Crippen molar-refractivity contribution in [3.8, 4) is 11.5 Å². The Bertz CT molecular complexity index is 1110. The lowest BCUT2D eigenvalue weighted by molar-refractivity contribution is -0.140. The van der Waals surface area contributed by atoms with E-state index in [0.717, 1.165) is 25.9 Å². The molecule has 0 aromatic heterocycles. The maximum absolute atomic E-state index is 13.3. The zero-order chi connectivity index (χ0) is 26.9. The number of carbonyl (C=O) groups excluding carboxylic acids is 2. The minimum atomic E-state index is -0.768. The summed E-state index contributed by atoms with van der Waals surface area (Å²) in [5.41, 5.74) is 1.13. The third kappa shape index (κ3) is 6.65. The smallest absolute Gasteiger partial charge is 0.295 e. The van der Waals surface area contributed by atoms with Crippen molar-refractivity contribution in [2.45, 2.75) is 46.6 Å². The minimum absolute atomic E-state index is 0.0500. The third-order valence-corrected chi connectivity index (χ3v) is 6.80. The molecule has 0 bridgehead atoms. The number of aliphatic hydroxyl groups excluding tert-OH is 1. The summed E-state index contributed by atoms with van der Waals surface area (Å²) in [4.78, 5) is 30.3. The van der Waals surface area contributed by atoms with E-state index in [2.05, 4.69) is 25.7 Å². The number of nitrogens with zero attached hydrogens (tertiary/aromatic N) is 2. The van der Waals surface area contributed by atoms with Gasteiger partial charge in [0.2, 0.25) is 0 Å². The van der Waals surface area contributed by atoms with Crippen LogP contribution in [0.5, 0.6) is 11.5 Å². The van der Waals surface area contributed by atoms with Crippen molar-refractivity contribution >= 4 is 29.1 Å². The molecular weight excluding hydrogens is 492 g/mol. The molecule has 1 unspecified atom stereocenters. The molecule has 0 aliphatic carbocycles. The summed E-state index contributed by atoms with van der Waals surface area (Å²) in [6.07, 6.45) is 1.92. The Morgan fingerprint density at radius 2 is 1.70 bits per heavy atom. The first-order valence-corrected chi connectivity index (χ1v) is 13.4. The molecule has 1 amide bonds. The molecule has 2 aromatic carbocycles. The number of unbranched alkanes of at least 4 members (excludes halogenated alkanes) is 1. The van der Waals surface area contributed by atoms with Crippen LogP contribution in [-0.2, 0) is 9.59 Å². The second-order valence-corrected chi connectivity index (χ2v) is 9.30. The van der Waals surface area contributed by atoms with E-state index >= 15 is 0 Å². The quantitative estimate of drug-likeness (QED) is 0.156. The maximum Gasteiger partial charge on any atom is 0.295 e. The first kappa shape index (κ1) is 28.5. The molecule has 0 spiro atoms. The molecule has 37 heavy (non-hydrogen) atoms. The molecule has 1 saturated heterocycles. The van der Waals surface area contributed by atoms with Crippen molar-refractivity contribution in [2.75, 3.05) is 39.4 Å². The molecule has 1 fully saturated rings. The van der Waals surface area contributed by atoms with Crippen molar-refractivity contribution in [2.24, 2.45) is 0 Å². The molecule has 1 N–H and O–H groups in total. The van der Waals surface area contributed by atoms with E-state index in [-0.39, 0.29) is 11.3 Å². The van der Waals surface area contributed by atoms with Gasteiger partial charge in [-0.3, -0.25) is 9.59 Å². The van der Waals surface area contributed by atoms with Crippen LogP contribution >= 0.6 is 11.6 Å². The zero-order valence-corrected chi connectivity index (χ0v) is 22.9. The van der Waals surface area contributed by atoms with E-state index in [4.69, 9.17) is 21.1 Å². The number of amides is 1. The van der Waals surface area contributed by atoms with E-state index in [0.29, 0.717) is 54.0 Å². The number of likely N-dealkylation sites (tertiary alicyclic amines) is 1. The number of ketones is 1. The van der Waals surface area contributed by atoms with Crippen molar-refractivity contribution in [3.63, 3.8) is 0 Å². The zero-order valence-electron chi connectivity index (χ0n) is 22.1. The fourth-order valence-electron chi connectivity index (χ4n) is 4.42. The summed E-state index contributed by atoms with van der Waals surface area (Å²) >= 11 is 6.02. The van der Waals surface area contributed by atoms with Crippen molar-refractivity contribution in [1.82, 2.24) is 9.80 Å². The van der Waals surface area contributed by atoms with Gasteiger partial charge in [0.05, 0.1) is 24.8 Å². The standard InChI is InChI=1S/C29H37ClN2O5/c1-5-9-18-37-23-15-12-21(19-24(23)36-8-4)26-25(27(33)20-10-13-22(30)14-11-20)28(34)29(35)32(26)17-16-31(6-2)7-3/h10-15,19,26,33H,5-9,16-18H2,1-4H3/b27-25+. The molecule has 3 rings (SSSR count). The Kier molecular flexibility index (Phi) is 10.4. The Morgan fingerprint density at radius 3 is 2.32 bits per heavy atom. The van der Waals surface area contributed by atoms with Gasteiger partial charge in [0.25, 0.3) is 11.7 Å². The monoisotopic (exact) mass is 528 g/mol. The Morgan fingerprint density at radius 1 is 1.00 bits per heavy atom. The van der Waals surface area contributed by atoms with Gasteiger partial charge in [0, 0.05) is 23.7 Å². The van der Waals surface area contributed by atoms with Crippen LogP contribution in [0, 0.1) is 0 Å². The van der Waals surface area contributed by atoms with Gasteiger partial charge in [-0.05, 0) is 68.4 Å². The molecule has 1 heterocycles. The lowest BCUT2D eigenvalue weighted by Gasteiger charge is -2.28. The van der Waals surface area contributed by atoms with E-state index < -0.39 is 17.7 Å². The minimum Gasteiger partial charge on any atom is -0.507 e. The predicted molar refractivity (Wildman–Crippen MR) is 146 cm³/mol. The number of Topliss-reactive ketones (excluding diaryl/α,β-unsaturated/α-hetero) is 1. The average Bonchev–Trinajstić information content (AvgIpc) is 3.15. The van der Waals surface area contributed by atoms with Crippen LogP contribution in [0.15, 0.2) is 48.0 Å². The number of ether oxygens (including phenoxy) is 2. The van der Waals surface area contributed by atoms with Gasteiger partial charge in [-0.2, -0.15) is 0 Å². The molecule has 1 atom stereocenters. The fourth-order valence-corrected chi connectivity index (χ4v) is 4.54. The molecule has 1 aliphatic rings. The molecule has 7 nitrogen and oxygen atoms in total. The number of halogens is 1. The molecule has 8 heteroatoms. The van der Waals surface area contributed by atoms with Gasteiger partial charge in [-0.15, -0.1) is 0 Å². The SMILES string of the molecule is CCCCOc1ccc(C2/C(=C(\O)c3ccc(Cl)cc3)C(=O)C(=O)N2CCN(CC)CC)cc1OCC. The van der Waals surface area contributed by atoms with Crippen molar-refractivity contribution in [1.29, 1.82) is 0 Å². The van der Waals surface area contributed by atoms with Gasteiger partial charge >= 0.3 is 0 Å². The molecule has 0 radical (unpaired) electrons. The average molecular weight is 529 g/mol. The van der Waals surface area contributed by atoms with Gasteiger partial charge in [-0.25, -0.2) is 0 Å². The molecule has 2 aromatic rings. The van der Waals surface area contributed by atoms with Gasteiger partial charge in [-0.1, -0.05) is 44.9 Å². The maximum atomic E-state index is 13.3. The lowest BCUT2D eigenvalue weighted by atomic mass is 9.95. The number of carbonyl (C=O) groups is 2. The van der Waals surface area contributed by atoms with Crippen LogP contribution in [0.2, 0.25) is 5.02 Å². The third-order valence-electron chi connectivity index (χ3n) is 6.55. The highest BCUT2D eigenvalue weighted by atomic mass is 35.5. The summed E-state index contributed by atoms with van der Waals surface area (Å²) < 4.78 is 11.8. The van der Waals surface area contributed by atoms with Gasteiger partial charge < -0.3 is 24.4 Å². The summed E-state index contributed by atoms with van der Waals surface area (Å²) in [5.74, 6) is -0.424. The largest absolute Gasteiger partial charge is 0.507 e. The van der Waals surface area contributed by atoms with E-state index in [1.54, 1.807) is 35.2 Å². The number of likely N-dealkylation sites (N-methyl/N-ethyl adjacent to an activating group) is 1. The van der Waals surface area contributed by atoms with Gasteiger partial charge in [0.15, 0.2) is 11.5 Å². The second-order valence-electron chi connectivity index (χ2n) is 8.87. The first-order valence-electron chi connectivity index (χ1n) is 13.0. The van der Waals surface area contributed by atoms with Crippen LogP contribution in [0.4, 0.5) is 0 Å². The van der Waals surface area contributed by atoms with Crippen molar-refractivity contribution in [3.05, 3.63) is 64.2 Å². The fraction of sp³-hybridized carbons (Fsp3) is 0.448. The normalized spacial score (nSPS) is 17.0.